The number of nitrogens with zero attached hydrogens (tertiary/aromatic N) is 1. The van der Waals surface area contributed by atoms with Crippen LogP contribution in [0.5, 0.6) is 5.75 Å². The van der Waals surface area contributed by atoms with E-state index >= 15 is 0 Å². The summed E-state index contributed by atoms with van der Waals surface area (Å²) in [6.07, 6.45) is 1.83. The number of ether oxygens (including phenoxy) is 1. The quantitative estimate of drug-likeness (QED) is 0.776. The molecule has 3 heteroatoms. The fraction of sp³-hybridized carbons (Fsp3) is 0.0714. The summed E-state index contributed by atoms with van der Waals surface area (Å²) < 4.78 is 6.10. The Morgan fingerprint density at radius 2 is 1.88 bits per heavy atom. The molecule has 0 N–H and O–H groups in total. The normalized spacial score (nSPS) is 10.7. The number of hydrogen-bond donors (Lipinski definition) is 0. The smallest absolute Gasteiger partial charge is 0.133 e. The molecule has 0 aliphatic heterocycles. The van der Waals surface area contributed by atoms with E-state index in [4.69, 9.17) is 4.74 Å². The molecule has 2 aromatic carbocycles. The molecule has 2 aromatic rings. The highest BCUT2D eigenvalue weighted by atomic mass is 79.9. The van der Waals surface area contributed by atoms with Crippen molar-refractivity contribution in [2.45, 2.75) is 0 Å². The van der Waals surface area contributed by atoms with Crippen LogP contribution < -0.4 is 4.74 Å². The first kappa shape index (κ1) is 11.9. The summed E-state index contributed by atoms with van der Waals surface area (Å²) in [4.78, 5) is 4.39. The number of rotatable bonds is 3. The second-order valence-electron chi connectivity index (χ2n) is 3.49. The number of halogens is 1. The molecule has 0 saturated carbocycles. The SMILES string of the molecule is COc1ccc(C=Nc2ccccc2)cc1Br. The van der Waals surface area contributed by atoms with E-state index in [-0.39, 0.29) is 0 Å². The Kier molecular flexibility index (Phi) is 3.94. The highest BCUT2D eigenvalue weighted by molar-refractivity contribution is 9.10. The average molecular weight is 290 g/mol. The summed E-state index contributed by atoms with van der Waals surface area (Å²) in [6, 6.07) is 15.7. The largest absolute Gasteiger partial charge is 0.496 e. The molecule has 86 valence electrons. The molecular weight excluding hydrogens is 278 g/mol. The van der Waals surface area contributed by atoms with Gasteiger partial charge in [-0.1, -0.05) is 18.2 Å². The minimum atomic E-state index is 0.821. The van der Waals surface area contributed by atoms with Crippen LogP contribution in [-0.2, 0) is 0 Å². The lowest BCUT2D eigenvalue weighted by molar-refractivity contribution is 0.412. The summed E-state index contributed by atoms with van der Waals surface area (Å²) in [5.74, 6) is 0.821. The summed E-state index contributed by atoms with van der Waals surface area (Å²) in [6.45, 7) is 0. The van der Waals surface area contributed by atoms with Gasteiger partial charge in [0.25, 0.3) is 0 Å². The molecule has 0 unspecified atom stereocenters. The highest BCUT2D eigenvalue weighted by Gasteiger charge is 1.99. The Balaban J connectivity index is 2.19. The summed E-state index contributed by atoms with van der Waals surface area (Å²) in [5, 5.41) is 0. The van der Waals surface area contributed by atoms with Crippen LogP contribution >= 0.6 is 15.9 Å². The Morgan fingerprint density at radius 1 is 1.12 bits per heavy atom. The fourth-order valence-electron chi connectivity index (χ4n) is 1.43. The zero-order chi connectivity index (χ0) is 12.1. The molecule has 0 fully saturated rings. The van der Waals surface area contributed by atoms with Crippen LogP contribution in [0.25, 0.3) is 0 Å². The molecule has 2 rings (SSSR count). The van der Waals surface area contributed by atoms with Crippen molar-refractivity contribution < 1.29 is 4.74 Å². The number of aliphatic imine (C=N–C) groups is 1. The van der Waals surface area contributed by atoms with Gasteiger partial charge in [0.1, 0.15) is 5.75 Å². The lowest BCUT2D eigenvalue weighted by atomic mass is 10.2. The molecule has 0 amide bonds. The number of benzene rings is 2. The Labute approximate surface area is 109 Å². The Morgan fingerprint density at radius 3 is 2.53 bits per heavy atom. The second-order valence-corrected chi connectivity index (χ2v) is 4.34. The van der Waals surface area contributed by atoms with E-state index in [0.29, 0.717) is 0 Å². The Hall–Kier alpha value is -1.61. The molecule has 0 radical (unpaired) electrons. The minimum absolute atomic E-state index is 0.821. The fourth-order valence-corrected chi connectivity index (χ4v) is 1.98. The number of methoxy groups -OCH3 is 1. The monoisotopic (exact) mass is 289 g/mol. The average Bonchev–Trinajstić information content (AvgIpc) is 2.38. The van der Waals surface area contributed by atoms with E-state index in [1.165, 1.54) is 0 Å². The topological polar surface area (TPSA) is 21.6 Å². The van der Waals surface area contributed by atoms with Crippen LogP contribution in [0.1, 0.15) is 5.56 Å². The van der Waals surface area contributed by atoms with Gasteiger partial charge in [-0.3, -0.25) is 4.99 Å². The molecule has 0 bridgehead atoms. The van der Waals surface area contributed by atoms with Crippen LogP contribution in [0.3, 0.4) is 0 Å². The lowest BCUT2D eigenvalue weighted by Gasteiger charge is -2.02. The summed E-state index contributed by atoms with van der Waals surface area (Å²) >= 11 is 3.45. The van der Waals surface area contributed by atoms with E-state index < -0.39 is 0 Å². The molecule has 0 heterocycles. The maximum atomic E-state index is 5.17. The molecule has 0 atom stereocenters. The van der Waals surface area contributed by atoms with Gasteiger partial charge in [0.15, 0.2) is 0 Å². The third-order valence-corrected chi connectivity index (χ3v) is 2.91. The standard InChI is InChI=1S/C14H12BrNO/c1-17-14-8-7-11(9-13(14)15)10-16-12-5-3-2-4-6-12/h2-10H,1H3. The van der Waals surface area contributed by atoms with Gasteiger partial charge in [0.05, 0.1) is 17.3 Å². The highest BCUT2D eigenvalue weighted by Crippen LogP contribution is 2.25. The van der Waals surface area contributed by atoms with Gasteiger partial charge >= 0.3 is 0 Å². The van der Waals surface area contributed by atoms with Gasteiger partial charge in [0.2, 0.25) is 0 Å². The molecule has 0 aliphatic carbocycles. The predicted molar refractivity (Wildman–Crippen MR) is 74.4 cm³/mol. The van der Waals surface area contributed by atoms with Crippen LogP contribution in [-0.4, -0.2) is 13.3 Å². The van der Waals surface area contributed by atoms with E-state index in [9.17, 15) is 0 Å². The van der Waals surface area contributed by atoms with Gasteiger partial charge in [-0.2, -0.15) is 0 Å². The van der Waals surface area contributed by atoms with Crippen molar-refractivity contribution in [2.24, 2.45) is 4.99 Å². The van der Waals surface area contributed by atoms with Gasteiger partial charge in [-0.15, -0.1) is 0 Å². The zero-order valence-electron chi connectivity index (χ0n) is 9.43. The van der Waals surface area contributed by atoms with E-state index in [1.54, 1.807) is 7.11 Å². The third kappa shape index (κ3) is 3.17. The van der Waals surface area contributed by atoms with Crippen molar-refractivity contribution in [1.29, 1.82) is 0 Å². The van der Waals surface area contributed by atoms with Crippen molar-refractivity contribution >= 4 is 27.8 Å². The van der Waals surface area contributed by atoms with Crippen molar-refractivity contribution in [1.82, 2.24) is 0 Å². The van der Waals surface area contributed by atoms with Gasteiger partial charge in [-0.05, 0) is 51.8 Å². The molecule has 0 aliphatic rings. The number of para-hydroxylation sites is 1. The van der Waals surface area contributed by atoms with Crippen LogP contribution in [0.4, 0.5) is 5.69 Å². The molecule has 17 heavy (non-hydrogen) atoms. The molecule has 0 spiro atoms. The van der Waals surface area contributed by atoms with E-state index in [1.807, 2.05) is 54.7 Å². The number of hydrogen-bond acceptors (Lipinski definition) is 2. The van der Waals surface area contributed by atoms with Crippen molar-refractivity contribution in [2.75, 3.05) is 7.11 Å². The maximum Gasteiger partial charge on any atom is 0.133 e. The van der Waals surface area contributed by atoms with Crippen LogP contribution in [0, 0.1) is 0 Å². The predicted octanol–water partition coefficient (Wildman–Crippen LogP) is 4.21. The molecule has 2 nitrogen and oxygen atoms in total. The zero-order valence-corrected chi connectivity index (χ0v) is 11.0. The molecule has 0 saturated heterocycles. The second kappa shape index (κ2) is 5.64. The van der Waals surface area contributed by atoms with Gasteiger partial charge in [0, 0.05) is 6.21 Å². The maximum absolute atomic E-state index is 5.17. The van der Waals surface area contributed by atoms with Crippen LogP contribution in [0.2, 0.25) is 0 Å². The van der Waals surface area contributed by atoms with Gasteiger partial charge < -0.3 is 4.74 Å². The first-order valence-electron chi connectivity index (χ1n) is 5.22. The van der Waals surface area contributed by atoms with Crippen molar-refractivity contribution in [3.63, 3.8) is 0 Å². The van der Waals surface area contributed by atoms with E-state index in [2.05, 4.69) is 20.9 Å². The third-order valence-electron chi connectivity index (χ3n) is 2.29. The summed E-state index contributed by atoms with van der Waals surface area (Å²) in [7, 11) is 1.65. The summed E-state index contributed by atoms with van der Waals surface area (Å²) in [5.41, 5.74) is 1.97. The van der Waals surface area contributed by atoms with E-state index in [0.717, 1.165) is 21.5 Å². The van der Waals surface area contributed by atoms with Gasteiger partial charge in [-0.25, -0.2) is 0 Å². The first-order chi connectivity index (χ1) is 8.29. The minimum Gasteiger partial charge on any atom is -0.496 e. The Bertz CT molecular complexity index is 523. The molecular formula is C14H12BrNO. The first-order valence-corrected chi connectivity index (χ1v) is 6.01. The van der Waals surface area contributed by atoms with Crippen molar-refractivity contribution in [3.05, 3.63) is 58.6 Å². The van der Waals surface area contributed by atoms with Crippen molar-refractivity contribution in [3.8, 4) is 5.75 Å². The van der Waals surface area contributed by atoms with Crippen LogP contribution in [0.15, 0.2) is 58.0 Å². The molecule has 0 aromatic heterocycles. The lowest BCUT2D eigenvalue weighted by Crippen LogP contribution is -1.86.